The van der Waals surface area contributed by atoms with Crippen LogP contribution in [-0.4, -0.2) is 35.6 Å². The molecule has 21 heavy (non-hydrogen) atoms. The van der Waals surface area contributed by atoms with Gasteiger partial charge < -0.3 is 10.0 Å². The van der Waals surface area contributed by atoms with Gasteiger partial charge in [0, 0.05) is 25.1 Å². The molecule has 0 aliphatic heterocycles. The number of amides is 1. The summed E-state index contributed by atoms with van der Waals surface area (Å²) in [6.45, 7) is 1.98. The van der Waals surface area contributed by atoms with E-state index in [0.29, 0.717) is 17.9 Å². The highest BCUT2D eigenvalue weighted by atomic mass is 19.1. The Balaban J connectivity index is 2.13. The molecule has 1 N–H and O–H groups in total. The Hall–Kier alpha value is -1.86. The first kappa shape index (κ1) is 15.5. The van der Waals surface area contributed by atoms with Crippen molar-refractivity contribution in [3.05, 3.63) is 35.1 Å². The molecule has 4 heteroatoms. The molecule has 1 saturated carbocycles. The van der Waals surface area contributed by atoms with Crippen LogP contribution in [0.15, 0.2) is 18.2 Å². The summed E-state index contributed by atoms with van der Waals surface area (Å²) in [5.74, 6) is 5.19. The van der Waals surface area contributed by atoms with Crippen molar-refractivity contribution in [1.29, 1.82) is 0 Å². The summed E-state index contributed by atoms with van der Waals surface area (Å²) in [5.41, 5.74) is 0.591. The maximum Gasteiger partial charge on any atom is 0.256 e. The standard InChI is InChI=1S/C17H20FNO2/c1-12(14-7-8-14)19(2)17(21)15-9-6-13(11-16(15)18)5-3-4-10-20/h6,9,11-12,14,20H,4,7-8,10H2,1-2H3. The third kappa shape index (κ3) is 3.83. The summed E-state index contributed by atoms with van der Waals surface area (Å²) in [6, 6.07) is 4.53. The van der Waals surface area contributed by atoms with Crippen LogP contribution in [0.4, 0.5) is 4.39 Å². The van der Waals surface area contributed by atoms with Crippen LogP contribution < -0.4 is 0 Å². The van der Waals surface area contributed by atoms with Gasteiger partial charge in [-0.05, 0) is 43.9 Å². The van der Waals surface area contributed by atoms with E-state index < -0.39 is 5.82 Å². The van der Waals surface area contributed by atoms with Gasteiger partial charge in [0.05, 0.1) is 12.2 Å². The lowest BCUT2D eigenvalue weighted by Crippen LogP contribution is -2.36. The lowest BCUT2D eigenvalue weighted by atomic mass is 10.1. The SMILES string of the molecule is CC(C1CC1)N(C)C(=O)c1ccc(C#CCCO)cc1F. The first-order chi connectivity index (χ1) is 10.0. The maximum atomic E-state index is 14.1. The predicted molar refractivity (Wildman–Crippen MR) is 79.3 cm³/mol. The van der Waals surface area contributed by atoms with Crippen LogP contribution in [0.2, 0.25) is 0 Å². The molecule has 1 aliphatic rings. The molecule has 1 aromatic carbocycles. The van der Waals surface area contributed by atoms with Crippen molar-refractivity contribution in [3.63, 3.8) is 0 Å². The van der Waals surface area contributed by atoms with Gasteiger partial charge in [-0.3, -0.25) is 4.79 Å². The van der Waals surface area contributed by atoms with Gasteiger partial charge in [-0.1, -0.05) is 11.8 Å². The Kier molecular flexibility index (Phi) is 4.98. The Morgan fingerprint density at radius 3 is 2.81 bits per heavy atom. The van der Waals surface area contributed by atoms with Crippen LogP contribution in [-0.2, 0) is 0 Å². The Labute approximate surface area is 124 Å². The van der Waals surface area contributed by atoms with E-state index in [-0.39, 0.29) is 24.1 Å². The van der Waals surface area contributed by atoms with E-state index in [9.17, 15) is 9.18 Å². The van der Waals surface area contributed by atoms with Gasteiger partial charge in [-0.2, -0.15) is 0 Å². The van der Waals surface area contributed by atoms with Gasteiger partial charge >= 0.3 is 0 Å². The number of aliphatic hydroxyl groups excluding tert-OH is 1. The molecular weight excluding hydrogens is 269 g/mol. The fraction of sp³-hybridized carbons (Fsp3) is 0.471. The Morgan fingerprint density at radius 1 is 1.52 bits per heavy atom. The fourth-order valence-electron chi connectivity index (χ4n) is 2.26. The lowest BCUT2D eigenvalue weighted by molar-refractivity contribution is 0.0722. The molecule has 2 rings (SSSR count). The molecule has 0 radical (unpaired) electrons. The van der Waals surface area contributed by atoms with E-state index in [1.807, 2.05) is 6.92 Å². The van der Waals surface area contributed by atoms with Crippen molar-refractivity contribution in [2.45, 2.75) is 32.2 Å². The summed E-state index contributed by atoms with van der Waals surface area (Å²) in [5, 5.41) is 8.65. The molecule has 1 aromatic rings. The van der Waals surface area contributed by atoms with Gasteiger partial charge in [0.25, 0.3) is 5.91 Å². The van der Waals surface area contributed by atoms with Crippen molar-refractivity contribution in [1.82, 2.24) is 4.90 Å². The third-order valence-electron chi connectivity index (χ3n) is 3.90. The molecule has 1 amide bonds. The van der Waals surface area contributed by atoms with Crippen molar-refractivity contribution < 1.29 is 14.3 Å². The minimum Gasteiger partial charge on any atom is -0.395 e. The number of halogens is 1. The number of carbonyl (C=O) groups excluding carboxylic acids is 1. The van der Waals surface area contributed by atoms with Crippen molar-refractivity contribution in [2.75, 3.05) is 13.7 Å². The second-order valence-corrected chi connectivity index (χ2v) is 5.46. The maximum absolute atomic E-state index is 14.1. The molecule has 1 aliphatic carbocycles. The fourth-order valence-corrected chi connectivity index (χ4v) is 2.26. The van der Waals surface area contributed by atoms with E-state index in [4.69, 9.17) is 5.11 Å². The first-order valence-corrected chi connectivity index (χ1v) is 7.21. The number of rotatable bonds is 4. The Morgan fingerprint density at radius 2 is 2.24 bits per heavy atom. The highest BCUT2D eigenvalue weighted by Crippen LogP contribution is 2.35. The van der Waals surface area contributed by atoms with Crippen LogP contribution in [0, 0.1) is 23.6 Å². The van der Waals surface area contributed by atoms with E-state index in [2.05, 4.69) is 11.8 Å². The first-order valence-electron chi connectivity index (χ1n) is 7.21. The highest BCUT2D eigenvalue weighted by molar-refractivity contribution is 5.94. The molecular formula is C17H20FNO2. The monoisotopic (exact) mass is 289 g/mol. The van der Waals surface area contributed by atoms with Gasteiger partial charge in [0.1, 0.15) is 5.82 Å². The molecule has 3 nitrogen and oxygen atoms in total. The zero-order valence-electron chi connectivity index (χ0n) is 12.4. The van der Waals surface area contributed by atoms with Gasteiger partial charge in [0.15, 0.2) is 0 Å². The van der Waals surface area contributed by atoms with E-state index in [1.54, 1.807) is 18.0 Å². The van der Waals surface area contributed by atoms with Crippen LogP contribution in [0.25, 0.3) is 0 Å². The largest absolute Gasteiger partial charge is 0.395 e. The molecule has 0 saturated heterocycles. The van der Waals surface area contributed by atoms with Gasteiger partial charge in [-0.15, -0.1) is 0 Å². The molecule has 0 heterocycles. The Bertz CT molecular complexity index is 584. The van der Waals surface area contributed by atoms with Gasteiger partial charge in [0.2, 0.25) is 0 Å². The number of aliphatic hydroxyl groups is 1. The van der Waals surface area contributed by atoms with Crippen molar-refractivity contribution in [2.24, 2.45) is 5.92 Å². The van der Waals surface area contributed by atoms with Crippen molar-refractivity contribution in [3.8, 4) is 11.8 Å². The predicted octanol–water partition coefficient (Wildman–Crippen LogP) is 2.43. The third-order valence-corrected chi connectivity index (χ3v) is 3.90. The molecule has 1 unspecified atom stereocenters. The quantitative estimate of drug-likeness (QED) is 0.865. The van der Waals surface area contributed by atoms with Crippen LogP contribution >= 0.6 is 0 Å². The molecule has 1 fully saturated rings. The average molecular weight is 289 g/mol. The van der Waals surface area contributed by atoms with E-state index in [1.165, 1.54) is 12.1 Å². The second-order valence-electron chi connectivity index (χ2n) is 5.46. The van der Waals surface area contributed by atoms with Gasteiger partial charge in [-0.25, -0.2) is 4.39 Å². The van der Waals surface area contributed by atoms with Crippen molar-refractivity contribution >= 4 is 5.91 Å². The smallest absolute Gasteiger partial charge is 0.256 e. The summed E-state index contributed by atoms with van der Waals surface area (Å²) < 4.78 is 14.1. The number of carbonyl (C=O) groups is 1. The van der Waals surface area contributed by atoms with E-state index in [0.717, 1.165) is 12.8 Å². The molecule has 112 valence electrons. The van der Waals surface area contributed by atoms with Crippen LogP contribution in [0.3, 0.4) is 0 Å². The minimum atomic E-state index is -0.550. The number of nitrogens with zero attached hydrogens (tertiary/aromatic N) is 1. The summed E-state index contributed by atoms with van der Waals surface area (Å²) >= 11 is 0. The lowest BCUT2D eigenvalue weighted by Gasteiger charge is -2.25. The summed E-state index contributed by atoms with van der Waals surface area (Å²) in [7, 11) is 1.72. The minimum absolute atomic E-state index is 0.0180. The summed E-state index contributed by atoms with van der Waals surface area (Å²) in [4.78, 5) is 13.9. The molecule has 0 aromatic heterocycles. The zero-order chi connectivity index (χ0) is 15.4. The topological polar surface area (TPSA) is 40.5 Å². The molecule has 1 atom stereocenters. The zero-order valence-corrected chi connectivity index (χ0v) is 12.4. The molecule has 0 bridgehead atoms. The number of hydrogen-bond donors (Lipinski definition) is 1. The van der Waals surface area contributed by atoms with Crippen LogP contribution in [0.5, 0.6) is 0 Å². The normalized spacial score (nSPS) is 15.0. The van der Waals surface area contributed by atoms with Crippen LogP contribution in [0.1, 0.15) is 42.1 Å². The number of hydrogen-bond acceptors (Lipinski definition) is 2. The second kappa shape index (κ2) is 6.73. The molecule has 0 spiro atoms. The van der Waals surface area contributed by atoms with E-state index >= 15 is 0 Å². The summed E-state index contributed by atoms with van der Waals surface area (Å²) in [6.07, 6.45) is 2.63. The highest BCUT2D eigenvalue weighted by Gasteiger charge is 2.33. The number of benzene rings is 1. The average Bonchev–Trinajstić information content (AvgIpc) is 3.30.